The molecule has 1 aromatic heterocycles. The maximum atomic E-state index is 11.9. The second-order valence-corrected chi connectivity index (χ2v) is 8.50. The Balaban J connectivity index is 1.69. The van der Waals surface area contributed by atoms with Crippen molar-refractivity contribution in [3.8, 4) is 0 Å². The summed E-state index contributed by atoms with van der Waals surface area (Å²) in [6, 6.07) is 17.6. The van der Waals surface area contributed by atoms with Crippen molar-refractivity contribution in [2.24, 2.45) is 5.10 Å². The number of fused-ring (bicyclic) bond motifs is 1. The van der Waals surface area contributed by atoms with Crippen LogP contribution in [0.5, 0.6) is 0 Å². The summed E-state index contributed by atoms with van der Waals surface area (Å²) in [5.41, 5.74) is 2.94. The van der Waals surface area contributed by atoms with E-state index in [9.17, 15) is 8.42 Å². The molecule has 1 aliphatic rings. The summed E-state index contributed by atoms with van der Waals surface area (Å²) in [6.45, 7) is 0. The highest BCUT2D eigenvalue weighted by Gasteiger charge is 2.32. The Morgan fingerprint density at radius 1 is 1.08 bits per heavy atom. The Kier molecular flexibility index (Phi) is 4.05. The van der Waals surface area contributed by atoms with Crippen LogP contribution in [0.3, 0.4) is 0 Å². The highest BCUT2D eigenvalue weighted by atomic mass is 32.2. The van der Waals surface area contributed by atoms with Gasteiger partial charge in [-0.3, -0.25) is 5.01 Å². The fraction of sp³-hybridized carbons (Fsp3) is 0.211. The molecule has 1 N–H and O–H groups in total. The van der Waals surface area contributed by atoms with Gasteiger partial charge in [0.2, 0.25) is 0 Å². The van der Waals surface area contributed by atoms with E-state index in [1.165, 1.54) is 0 Å². The summed E-state index contributed by atoms with van der Waals surface area (Å²) in [4.78, 5) is 3.23. The molecule has 6 heteroatoms. The second kappa shape index (κ2) is 6.37. The highest BCUT2D eigenvalue weighted by molar-refractivity contribution is 7.91. The van der Waals surface area contributed by atoms with Crippen LogP contribution in [0.2, 0.25) is 0 Å². The lowest BCUT2D eigenvalue weighted by molar-refractivity contribution is 0.600. The molecule has 0 saturated carbocycles. The zero-order valence-electron chi connectivity index (χ0n) is 13.7. The van der Waals surface area contributed by atoms with Gasteiger partial charge in [-0.05, 0) is 24.6 Å². The number of aromatic nitrogens is 1. The summed E-state index contributed by atoms with van der Waals surface area (Å²) >= 11 is 0. The first-order valence-corrected chi connectivity index (χ1v) is 10.1. The van der Waals surface area contributed by atoms with Crippen molar-refractivity contribution in [3.63, 3.8) is 0 Å². The van der Waals surface area contributed by atoms with Gasteiger partial charge in [-0.15, -0.1) is 0 Å². The Labute approximate surface area is 146 Å². The molecular formula is C19H19N3O2S. The van der Waals surface area contributed by atoms with Crippen LogP contribution in [0.15, 0.2) is 65.9 Å². The van der Waals surface area contributed by atoms with Gasteiger partial charge in [0.15, 0.2) is 9.84 Å². The minimum Gasteiger partial charge on any atom is -0.361 e. The van der Waals surface area contributed by atoms with Crippen LogP contribution in [0.1, 0.15) is 12.0 Å². The van der Waals surface area contributed by atoms with Crippen molar-refractivity contribution in [2.75, 3.05) is 16.5 Å². The van der Waals surface area contributed by atoms with Gasteiger partial charge < -0.3 is 4.98 Å². The summed E-state index contributed by atoms with van der Waals surface area (Å²) in [7, 11) is -2.98. The van der Waals surface area contributed by atoms with E-state index >= 15 is 0 Å². The van der Waals surface area contributed by atoms with Crippen LogP contribution in [0.25, 0.3) is 10.9 Å². The van der Waals surface area contributed by atoms with Crippen LogP contribution >= 0.6 is 0 Å². The van der Waals surface area contributed by atoms with Crippen LogP contribution in [-0.2, 0) is 9.84 Å². The van der Waals surface area contributed by atoms with E-state index in [1.807, 2.05) is 65.8 Å². The topological polar surface area (TPSA) is 65.5 Å². The van der Waals surface area contributed by atoms with Crippen LogP contribution in [-0.4, -0.2) is 37.2 Å². The molecule has 1 atom stereocenters. The number of nitrogens with zero attached hydrogens (tertiary/aromatic N) is 2. The predicted molar refractivity (Wildman–Crippen MR) is 102 cm³/mol. The number of H-pyrrole nitrogens is 1. The Morgan fingerprint density at radius 3 is 2.60 bits per heavy atom. The van der Waals surface area contributed by atoms with Gasteiger partial charge in [-0.1, -0.05) is 36.4 Å². The molecule has 0 amide bonds. The monoisotopic (exact) mass is 353 g/mol. The number of para-hydroxylation sites is 2. The number of hydrogen-bond acceptors (Lipinski definition) is 4. The maximum absolute atomic E-state index is 11.9. The lowest BCUT2D eigenvalue weighted by Gasteiger charge is -2.25. The number of nitrogens with one attached hydrogen (secondary N) is 1. The lowest BCUT2D eigenvalue weighted by Crippen LogP contribution is -2.31. The number of aromatic amines is 1. The number of anilines is 1. The number of sulfone groups is 1. The molecule has 3 aromatic rings. The molecule has 2 heterocycles. The molecule has 25 heavy (non-hydrogen) atoms. The van der Waals surface area contributed by atoms with E-state index in [0.29, 0.717) is 6.42 Å². The minimum absolute atomic E-state index is 0.131. The molecule has 2 aromatic carbocycles. The molecule has 4 rings (SSSR count). The number of rotatable bonds is 4. The van der Waals surface area contributed by atoms with Gasteiger partial charge in [0.1, 0.15) is 0 Å². The molecule has 0 unspecified atom stereocenters. The third kappa shape index (κ3) is 3.30. The minimum atomic E-state index is -2.98. The largest absolute Gasteiger partial charge is 0.361 e. The first-order chi connectivity index (χ1) is 12.1. The van der Waals surface area contributed by atoms with Gasteiger partial charge in [-0.25, -0.2) is 8.42 Å². The van der Waals surface area contributed by atoms with Crippen LogP contribution in [0, 0.1) is 0 Å². The van der Waals surface area contributed by atoms with E-state index in [0.717, 1.165) is 22.2 Å². The summed E-state index contributed by atoms with van der Waals surface area (Å²) < 4.78 is 23.8. The van der Waals surface area contributed by atoms with Crippen molar-refractivity contribution < 1.29 is 8.42 Å². The highest BCUT2D eigenvalue weighted by Crippen LogP contribution is 2.25. The Bertz CT molecular complexity index is 1010. The summed E-state index contributed by atoms with van der Waals surface area (Å²) in [5, 5.41) is 7.59. The molecule has 1 aliphatic heterocycles. The van der Waals surface area contributed by atoms with Gasteiger partial charge in [0.25, 0.3) is 0 Å². The number of hydrazone groups is 1. The van der Waals surface area contributed by atoms with E-state index in [-0.39, 0.29) is 17.5 Å². The zero-order valence-corrected chi connectivity index (χ0v) is 14.5. The Morgan fingerprint density at radius 2 is 1.84 bits per heavy atom. The average molecular weight is 353 g/mol. The molecule has 0 spiro atoms. The van der Waals surface area contributed by atoms with E-state index in [1.54, 1.807) is 6.21 Å². The Hall–Kier alpha value is -2.60. The van der Waals surface area contributed by atoms with E-state index < -0.39 is 9.84 Å². The van der Waals surface area contributed by atoms with Gasteiger partial charge >= 0.3 is 0 Å². The molecule has 0 bridgehead atoms. The van der Waals surface area contributed by atoms with Crippen molar-refractivity contribution in [3.05, 3.63) is 66.4 Å². The second-order valence-electron chi connectivity index (χ2n) is 6.27. The normalized spacial score (nSPS) is 19.6. The first-order valence-electron chi connectivity index (χ1n) is 8.27. The SMILES string of the molecule is O=S1(=O)CC[C@H](N(/N=C/c2c[nH]c3ccccc23)c2ccccc2)C1. The lowest BCUT2D eigenvalue weighted by atomic mass is 10.2. The molecule has 128 valence electrons. The smallest absolute Gasteiger partial charge is 0.152 e. The van der Waals surface area contributed by atoms with Gasteiger partial charge in [-0.2, -0.15) is 5.10 Å². The zero-order chi connectivity index (χ0) is 17.3. The van der Waals surface area contributed by atoms with E-state index in [4.69, 9.17) is 0 Å². The van der Waals surface area contributed by atoms with Gasteiger partial charge in [0, 0.05) is 22.7 Å². The van der Waals surface area contributed by atoms with Crippen molar-refractivity contribution in [1.29, 1.82) is 0 Å². The predicted octanol–water partition coefficient (Wildman–Crippen LogP) is 3.20. The maximum Gasteiger partial charge on any atom is 0.152 e. The fourth-order valence-electron chi connectivity index (χ4n) is 3.25. The molecule has 1 fully saturated rings. The summed E-state index contributed by atoms with van der Waals surface area (Å²) in [5.74, 6) is 0.372. The van der Waals surface area contributed by atoms with Crippen LogP contribution < -0.4 is 5.01 Å². The number of benzene rings is 2. The molecule has 0 aliphatic carbocycles. The fourth-order valence-corrected chi connectivity index (χ4v) is 4.94. The number of hydrogen-bond donors (Lipinski definition) is 1. The first kappa shape index (κ1) is 15.9. The molecule has 1 saturated heterocycles. The van der Waals surface area contributed by atoms with Crippen molar-refractivity contribution in [2.45, 2.75) is 12.5 Å². The summed E-state index contributed by atoms with van der Waals surface area (Å²) in [6.07, 6.45) is 4.32. The third-order valence-corrected chi connectivity index (χ3v) is 6.27. The van der Waals surface area contributed by atoms with E-state index in [2.05, 4.69) is 10.1 Å². The van der Waals surface area contributed by atoms with Crippen molar-refractivity contribution in [1.82, 2.24) is 4.98 Å². The molecule has 0 radical (unpaired) electrons. The molecule has 5 nitrogen and oxygen atoms in total. The average Bonchev–Trinajstić information content (AvgIpc) is 3.19. The van der Waals surface area contributed by atoms with Crippen LogP contribution in [0.4, 0.5) is 5.69 Å². The van der Waals surface area contributed by atoms with Gasteiger partial charge in [0.05, 0.1) is 29.4 Å². The third-order valence-electron chi connectivity index (χ3n) is 4.52. The standard InChI is InChI=1S/C19H19N3O2S/c23-25(24)11-10-17(14-25)22(16-6-2-1-3-7-16)21-13-15-12-20-19-9-5-4-8-18(15)19/h1-9,12-13,17,20H,10-11,14H2/b21-13+/t17-/m0/s1. The molecular weight excluding hydrogens is 334 g/mol. The quantitative estimate of drug-likeness (QED) is 0.579. The van der Waals surface area contributed by atoms with Crippen molar-refractivity contribution >= 4 is 32.6 Å².